The van der Waals surface area contributed by atoms with Crippen molar-refractivity contribution in [3.05, 3.63) is 47.7 Å². The molecule has 27 heavy (non-hydrogen) atoms. The Kier molecular flexibility index (Phi) is 7.61. The summed E-state index contributed by atoms with van der Waals surface area (Å²) in [6, 6.07) is 9.22. The lowest BCUT2D eigenvalue weighted by molar-refractivity contribution is -0.136. The van der Waals surface area contributed by atoms with Crippen molar-refractivity contribution in [1.29, 1.82) is 0 Å². The zero-order valence-corrected chi connectivity index (χ0v) is 15.9. The molecule has 0 unspecified atom stereocenters. The molecular formula is C20H25N3O4. The fraction of sp³-hybridized carbons (Fsp3) is 0.350. The molecule has 0 radical (unpaired) electrons. The number of hydrogen-bond donors (Lipinski definition) is 2. The van der Waals surface area contributed by atoms with Crippen LogP contribution in [0.3, 0.4) is 0 Å². The van der Waals surface area contributed by atoms with E-state index in [4.69, 9.17) is 9.47 Å². The van der Waals surface area contributed by atoms with Gasteiger partial charge >= 0.3 is 11.8 Å². The highest BCUT2D eigenvalue weighted by molar-refractivity contribution is 6.39. The van der Waals surface area contributed by atoms with Crippen molar-refractivity contribution < 1.29 is 19.1 Å². The number of rotatable bonds is 8. The first-order chi connectivity index (χ1) is 13.0. The van der Waals surface area contributed by atoms with Gasteiger partial charge in [0.05, 0.1) is 13.2 Å². The molecule has 2 aromatic rings. The summed E-state index contributed by atoms with van der Waals surface area (Å²) in [6.07, 6.45) is 2.12. The first kappa shape index (κ1) is 20.2. The largest absolute Gasteiger partial charge is 0.490 e. The van der Waals surface area contributed by atoms with Gasteiger partial charge in [0.1, 0.15) is 5.82 Å². The van der Waals surface area contributed by atoms with Crippen LogP contribution in [0.15, 0.2) is 36.5 Å². The van der Waals surface area contributed by atoms with E-state index in [1.807, 2.05) is 45.0 Å². The number of amides is 2. The minimum atomic E-state index is -0.738. The molecule has 1 heterocycles. The second-order valence-corrected chi connectivity index (χ2v) is 5.78. The van der Waals surface area contributed by atoms with E-state index in [2.05, 4.69) is 15.6 Å². The quantitative estimate of drug-likeness (QED) is 0.696. The van der Waals surface area contributed by atoms with Crippen LogP contribution in [0.2, 0.25) is 0 Å². The Labute approximate surface area is 159 Å². The normalized spacial score (nSPS) is 10.2. The average Bonchev–Trinajstić information content (AvgIpc) is 2.66. The standard InChI is InChI=1S/C20H25N3O4/c1-4-26-16-9-8-15(13-17(16)27-5-2)10-12-22-19(24)20(25)23-18-14(3)7-6-11-21-18/h6-9,11,13H,4-5,10,12H2,1-3H3,(H,22,24)(H,21,23,25). The summed E-state index contributed by atoms with van der Waals surface area (Å²) in [5.74, 6) is 0.309. The van der Waals surface area contributed by atoms with Crippen LogP contribution < -0.4 is 20.1 Å². The summed E-state index contributed by atoms with van der Waals surface area (Å²) >= 11 is 0. The molecule has 0 aliphatic rings. The highest BCUT2D eigenvalue weighted by Gasteiger charge is 2.15. The fourth-order valence-electron chi connectivity index (χ4n) is 2.43. The van der Waals surface area contributed by atoms with Gasteiger partial charge in [-0.1, -0.05) is 12.1 Å². The van der Waals surface area contributed by atoms with Gasteiger partial charge in [0.25, 0.3) is 0 Å². The van der Waals surface area contributed by atoms with E-state index in [0.717, 1.165) is 11.1 Å². The molecule has 0 saturated carbocycles. The van der Waals surface area contributed by atoms with Crippen molar-refractivity contribution in [2.75, 3.05) is 25.1 Å². The Balaban J connectivity index is 1.88. The maximum Gasteiger partial charge on any atom is 0.314 e. The smallest absolute Gasteiger partial charge is 0.314 e. The molecule has 0 aliphatic carbocycles. The third-order valence-corrected chi connectivity index (χ3v) is 3.75. The van der Waals surface area contributed by atoms with Gasteiger partial charge in [0.15, 0.2) is 11.5 Å². The monoisotopic (exact) mass is 371 g/mol. The molecule has 2 N–H and O–H groups in total. The molecule has 1 aromatic heterocycles. The molecule has 2 rings (SSSR count). The van der Waals surface area contributed by atoms with Crippen LogP contribution in [-0.2, 0) is 16.0 Å². The predicted molar refractivity (Wildman–Crippen MR) is 103 cm³/mol. The van der Waals surface area contributed by atoms with Crippen molar-refractivity contribution >= 4 is 17.6 Å². The number of carbonyl (C=O) groups is 2. The van der Waals surface area contributed by atoms with Crippen molar-refractivity contribution in [2.45, 2.75) is 27.2 Å². The van der Waals surface area contributed by atoms with Crippen LogP contribution in [-0.4, -0.2) is 36.6 Å². The van der Waals surface area contributed by atoms with Crippen molar-refractivity contribution in [3.63, 3.8) is 0 Å². The number of carbonyl (C=O) groups excluding carboxylic acids is 2. The van der Waals surface area contributed by atoms with Crippen LogP contribution in [0.1, 0.15) is 25.0 Å². The summed E-state index contributed by atoms with van der Waals surface area (Å²) in [4.78, 5) is 28.0. The maximum atomic E-state index is 12.0. The van der Waals surface area contributed by atoms with Crippen LogP contribution in [0, 0.1) is 6.92 Å². The summed E-state index contributed by atoms with van der Waals surface area (Å²) in [5, 5.41) is 5.12. The first-order valence-corrected chi connectivity index (χ1v) is 8.94. The molecule has 7 nitrogen and oxygen atoms in total. The summed E-state index contributed by atoms with van der Waals surface area (Å²) < 4.78 is 11.1. The Bertz CT molecular complexity index is 793. The number of hydrogen-bond acceptors (Lipinski definition) is 5. The third-order valence-electron chi connectivity index (χ3n) is 3.75. The predicted octanol–water partition coefficient (Wildman–Crippen LogP) is 2.48. The zero-order valence-electron chi connectivity index (χ0n) is 15.9. The number of pyridine rings is 1. The maximum absolute atomic E-state index is 12.0. The van der Waals surface area contributed by atoms with E-state index in [0.29, 0.717) is 43.5 Å². The van der Waals surface area contributed by atoms with Crippen LogP contribution >= 0.6 is 0 Å². The van der Waals surface area contributed by atoms with E-state index in [-0.39, 0.29) is 0 Å². The number of aromatic nitrogens is 1. The van der Waals surface area contributed by atoms with E-state index < -0.39 is 11.8 Å². The van der Waals surface area contributed by atoms with E-state index >= 15 is 0 Å². The van der Waals surface area contributed by atoms with Crippen LogP contribution in [0.25, 0.3) is 0 Å². The SMILES string of the molecule is CCOc1ccc(CCNC(=O)C(=O)Nc2ncccc2C)cc1OCC. The molecule has 0 aliphatic heterocycles. The second kappa shape index (κ2) is 10.2. The summed E-state index contributed by atoms with van der Waals surface area (Å²) in [7, 11) is 0. The highest BCUT2D eigenvalue weighted by atomic mass is 16.5. The molecule has 144 valence electrons. The Morgan fingerprint density at radius 1 is 1.04 bits per heavy atom. The molecule has 0 bridgehead atoms. The third kappa shape index (κ3) is 5.99. The number of aryl methyl sites for hydroxylation is 1. The van der Waals surface area contributed by atoms with Crippen LogP contribution in [0.4, 0.5) is 5.82 Å². The lowest BCUT2D eigenvalue weighted by Crippen LogP contribution is -2.36. The molecule has 0 saturated heterocycles. The minimum Gasteiger partial charge on any atom is -0.490 e. The molecule has 7 heteroatoms. The number of ether oxygens (including phenoxy) is 2. The van der Waals surface area contributed by atoms with Crippen LogP contribution in [0.5, 0.6) is 11.5 Å². The number of nitrogens with one attached hydrogen (secondary N) is 2. The van der Waals surface area contributed by atoms with Gasteiger partial charge in [0.2, 0.25) is 0 Å². The van der Waals surface area contributed by atoms with Gasteiger partial charge in [-0.25, -0.2) is 4.98 Å². The number of benzene rings is 1. The molecular weight excluding hydrogens is 346 g/mol. The topological polar surface area (TPSA) is 89.5 Å². The lowest BCUT2D eigenvalue weighted by Gasteiger charge is -2.12. The van der Waals surface area contributed by atoms with Crippen molar-refractivity contribution in [2.24, 2.45) is 0 Å². The molecule has 1 aromatic carbocycles. The van der Waals surface area contributed by atoms with E-state index in [1.54, 1.807) is 12.3 Å². The number of anilines is 1. The average molecular weight is 371 g/mol. The Morgan fingerprint density at radius 2 is 1.78 bits per heavy atom. The van der Waals surface area contributed by atoms with Crippen molar-refractivity contribution in [1.82, 2.24) is 10.3 Å². The summed E-state index contributed by atoms with van der Waals surface area (Å²) in [5.41, 5.74) is 1.76. The highest BCUT2D eigenvalue weighted by Crippen LogP contribution is 2.28. The van der Waals surface area contributed by atoms with Crippen molar-refractivity contribution in [3.8, 4) is 11.5 Å². The molecule has 0 atom stereocenters. The van der Waals surface area contributed by atoms with Gasteiger partial charge in [0, 0.05) is 12.7 Å². The Morgan fingerprint density at radius 3 is 2.48 bits per heavy atom. The minimum absolute atomic E-state index is 0.326. The molecule has 2 amide bonds. The first-order valence-electron chi connectivity index (χ1n) is 8.94. The van der Waals surface area contributed by atoms with Gasteiger partial charge in [-0.3, -0.25) is 9.59 Å². The Hall–Kier alpha value is -3.09. The van der Waals surface area contributed by atoms with Gasteiger partial charge in [-0.15, -0.1) is 0 Å². The lowest BCUT2D eigenvalue weighted by atomic mass is 10.1. The van der Waals surface area contributed by atoms with Gasteiger partial charge in [-0.2, -0.15) is 0 Å². The zero-order chi connectivity index (χ0) is 19.6. The summed E-state index contributed by atoms with van der Waals surface area (Å²) in [6.45, 7) is 7.05. The fourth-order valence-corrected chi connectivity index (χ4v) is 2.43. The number of nitrogens with zero attached hydrogens (tertiary/aromatic N) is 1. The van der Waals surface area contributed by atoms with E-state index in [1.165, 1.54) is 0 Å². The second-order valence-electron chi connectivity index (χ2n) is 5.78. The van der Waals surface area contributed by atoms with E-state index in [9.17, 15) is 9.59 Å². The van der Waals surface area contributed by atoms with Gasteiger partial charge in [-0.05, 0) is 56.5 Å². The van der Waals surface area contributed by atoms with Gasteiger partial charge < -0.3 is 20.1 Å². The molecule has 0 spiro atoms. The molecule has 0 fully saturated rings.